The SMILES string of the molecule is COc1cc(-c2nccc(-c3cccc(-c4ccc(CNC5CCN(C(C)=O)CC5)c(OC)n4)c3Cl)c2Cl)ccc1CN1CCC(C(=O)O)C1. The van der Waals surface area contributed by atoms with Crippen LogP contribution in [0.1, 0.15) is 37.3 Å². The zero-order chi connectivity index (χ0) is 35.4. The van der Waals surface area contributed by atoms with Crippen LogP contribution in [0.5, 0.6) is 11.6 Å². The average Bonchev–Trinajstić information content (AvgIpc) is 3.60. The first-order valence-electron chi connectivity index (χ1n) is 16.8. The van der Waals surface area contributed by atoms with E-state index in [1.54, 1.807) is 27.3 Å². The number of amides is 1. The molecule has 2 N–H and O–H groups in total. The molecule has 0 aliphatic carbocycles. The summed E-state index contributed by atoms with van der Waals surface area (Å²) in [7, 11) is 3.23. The highest BCUT2D eigenvalue weighted by Gasteiger charge is 2.28. The van der Waals surface area contributed by atoms with Crippen LogP contribution in [0.3, 0.4) is 0 Å². The number of rotatable bonds is 11. The van der Waals surface area contributed by atoms with Crippen LogP contribution < -0.4 is 14.8 Å². The van der Waals surface area contributed by atoms with Gasteiger partial charge in [0.1, 0.15) is 5.75 Å². The fourth-order valence-electron chi connectivity index (χ4n) is 6.82. The molecule has 1 atom stereocenters. The van der Waals surface area contributed by atoms with Gasteiger partial charge in [0.25, 0.3) is 0 Å². The molecule has 4 aromatic rings. The molecular formula is C38H41Cl2N5O5. The predicted molar refractivity (Wildman–Crippen MR) is 195 cm³/mol. The summed E-state index contributed by atoms with van der Waals surface area (Å²) in [5, 5.41) is 13.9. The molecule has 10 nitrogen and oxygen atoms in total. The summed E-state index contributed by atoms with van der Waals surface area (Å²) in [6.45, 7) is 5.57. The summed E-state index contributed by atoms with van der Waals surface area (Å²) in [6.07, 6.45) is 4.16. The number of carboxylic acids is 1. The maximum absolute atomic E-state index is 11.7. The lowest BCUT2D eigenvalue weighted by molar-refractivity contribution is -0.141. The number of pyridine rings is 2. The molecule has 12 heteroatoms. The topological polar surface area (TPSA) is 117 Å². The number of hydrogen-bond donors (Lipinski definition) is 2. The molecule has 2 aromatic carbocycles. The zero-order valence-corrected chi connectivity index (χ0v) is 29.9. The zero-order valence-electron chi connectivity index (χ0n) is 28.4. The minimum Gasteiger partial charge on any atom is -0.496 e. The van der Waals surface area contributed by atoms with Crippen LogP contribution in [0.25, 0.3) is 33.6 Å². The number of likely N-dealkylation sites (tertiary alicyclic amines) is 2. The van der Waals surface area contributed by atoms with Gasteiger partial charge in [0.05, 0.1) is 41.6 Å². The summed E-state index contributed by atoms with van der Waals surface area (Å²) in [6, 6.07) is 17.7. The van der Waals surface area contributed by atoms with Crippen molar-refractivity contribution in [1.82, 2.24) is 25.1 Å². The van der Waals surface area contributed by atoms with E-state index in [2.05, 4.69) is 15.2 Å². The van der Waals surface area contributed by atoms with E-state index in [0.717, 1.165) is 65.9 Å². The van der Waals surface area contributed by atoms with Gasteiger partial charge in [-0.2, -0.15) is 0 Å². The molecule has 2 aliphatic rings. The van der Waals surface area contributed by atoms with Crippen LogP contribution in [0.15, 0.2) is 60.8 Å². The van der Waals surface area contributed by atoms with Crippen LogP contribution >= 0.6 is 23.2 Å². The number of methoxy groups -OCH3 is 2. The Hall–Kier alpha value is -4.22. The highest BCUT2D eigenvalue weighted by atomic mass is 35.5. The molecule has 4 heterocycles. The van der Waals surface area contributed by atoms with Crippen molar-refractivity contribution >= 4 is 35.1 Å². The van der Waals surface area contributed by atoms with Crippen molar-refractivity contribution in [3.8, 4) is 45.3 Å². The Balaban J connectivity index is 1.21. The number of ether oxygens (including phenoxy) is 2. The highest BCUT2D eigenvalue weighted by Crippen LogP contribution is 2.42. The van der Waals surface area contributed by atoms with Crippen molar-refractivity contribution < 1.29 is 24.2 Å². The van der Waals surface area contributed by atoms with Crippen LogP contribution in [0.4, 0.5) is 0 Å². The summed E-state index contributed by atoms with van der Waals surface area (Å²) in [5.74, 6) is 0.231. The van der Waals surface area contributed by atoms with Gasteiger partial charge in [0.2, 0.25) is 11.8 Å². The maximum Gasteiger partial charge on any atom is 0.307 e. The van der Waals surface area contributed by atoms with E-state index >= 15 is 0 Å². The number of halogens is 2. The van der Waals surface area contributed by atoms with Gasteiger partial charge in [-0.3, -0.25) is 19.5 Å². The minimum atomic E-state index is -0.752. The monoisotopic (exact) mass is 717 g/mol. The molecule has 6 rings (SSSR count). The normalized spacial score (nSPS) is 16.8. The van der Waals surface area contributed by atoms with Crippen LogP contribution in [0, 0.1) is 5.92 Å². The molecule has 50 heavy (non-hydrogen) atoms. The van der Waals surface area contributed by atoms with Gasteiger partial charge in [0.15, 0.2) is 0 Å². The Morgan fingerprint density at radius 3 is 2.36 bits per heavy atom. The van der Waals surface area contributed by atoms with E-state index in [4.69, 9.17) is 37.7 Å². The summed E-state index contributed by atoms with van der Waals surface area (Å²) < 4.78 is 11.4. The smallest absolute Gasteiger partial charge is 0.307 e. The number of carbonyl (C=O) groups excluding carboxylic acids is 1. The number of aliphatic carboxylic acids is 1. The third-order valence-electron chi connectivity index (χ3n) is 9.68. The number of benzene rings is 2. The quantitative estimate of drug-likeness (QED) is 0.173. The lowest BCUT2D eigenvalue weighted by Crippen LogP contribution is -2.44. The van der Waals surface area contributed by atoms with Crippen molar-refractivity contribution in [2.24, 2.45) is 5.92 Å². The molecule has 2 aliphatic heterocycles. The number of nitrogens with one attached hydrogen (secondary N) is 1. The Labute approximate surface area is 302 Å². The lowest BCUT2D eigenvalue weighted by Gasteiger charge is -2.31. The Morgan fingerprint density at radius 2 is 1.66 bits per heavy atom. The second kappa shape index (κ2) is 15.8. The predicted octanol–water partition coefficient (Wildman–Crippen LogP) is 6.81. The standard InChI is InChI=1S/C38H41Cl2N5O5/c1-23(46)45-17-13-28(14-18-45)42-20-25-9-10-32(43-37(25)50-3)31-6-4-5-29(34(31)39)30-11-15-41-36(35(30)40)24-7-8-26(33(19-24)49-2)21-44-16-12-27(22-44)38(47)48/h4-11,15,19,27-28,42H,12-14,16-18,20-22H2,1-3H3,(H,47,48). The third-order valence-corrected chi connectivity index (χ3v) is 10.5. The van der Waals surface area contributed by atoms with Crippen molar-refractivity contribution in [2.45, 2.75) is 45.3 Å². The van der Waals surface area contributed by atoms with Crippen LogP contribution in [-0.2, 0) is 22.7 Å². The van der Waals surface area contributed by atoms with Gasteiger partial charge in [-0.25, -0.2) is 4.98 Å². The molecule has 0 bridgehead atoms. The van der Waals surface area contributed by atoms with Crippen LogP contribution in [0.2, 0.25) is 10.0 Å². The Morgan fingerprint density at radius 1 is 0.920 bits per heavy atom. The van der Waals surface area contributed by atoms with E-state index in [0.29, 0.717) is 65.2 Å². The fraction of sp³-hybridized carbons (Fsp3) is 0.368. The van der Waals surface area contributed by atoms with Crippen LogP contribution in [-0.4, -0.2) is 83.2 Å². The van der Waals surface area contributed by atoms with Crippen molar-refractivity contribution in [1.29, 1.82) is 0 Å². The molecular weight excluding hydrogens is 677 g/mol. The average molecular weight is 719 g/mol. The maximum atomic E-state index is 11.7. The van der Waals surface area contributed by atoms with Gasteiger partial charge in [-0.05, 0) is 44.0 Å². The highest BCUT2D eigenvalue weighted by molar-refractivity contribution is 6.39. The number of aromatic nitrogens is 2. The van der Waals surface area contributed by atoms with Crippen molar-refractivity contribution in [3.63, 3.8) is 0 Å². The fourth-order valence-corrected chi connectivity index (χ4v) is 7.46. The molecule has 0 saturated carbocycles. The molecule has 2 saturated heterocycles. The van der Waals surface area contributed by atoms with E-state index in [1.165, 1.54) is 0 Å². The lowest BCUT2D eigenvalue weighted by atomic mass is 9.99. The number of nitrogens with zero attached hydrogens (tertiary/aromatic N) is 4. The third kappa shape index (κ3) is 7.73. The molecule has 0 radical (unpaired) electrons. The van der Waals surface area contributed by atoms with E-state index in [-0.39, 0.29) is 11.8 Å². The number of carbonyl (C=O) groups is 2. The first kappa shape index (κ1) is 35.6. The van der Waals surface area contributed by atoms with E-state index < -0.39 is 5.97 Å². The van der Waals surface area contributed by atoms with Gasteiger partial charge >= 0.3 is 5.97 Å². The molecule has 2 aromatic heterocycles. The van der Waals surface area contributed by atoms with Crippen molar-refractivity contribution in [2.75, 3.05) is 40.4 Å². The van der Waals surface area contributed by atoms with Gasteiger partial charge in [0, 0.05) is 85.3 Å². The second-order valence-electron chi connectivity index (χ2n) is 12.8. The summed E-state index contributed by atoms with van der Waals surface area (Å²) in [5.41, 5.74) is 6.16. The van der Waals surface area contributed by atoms with E-state index in [9.17, 15) is 14.7 Å². The summed E-state index contributed by atoms with van der Waals surface area (Å²) in [4.78, 5) is 36.6. The number of piperidine rings is 1. The Kier molecular flexibility index (Phi) is 11.2. The molecule has 262 valence electrons. The van der Waals surface area contributed by atoms with Crippen molar-refractivity contribution in [3.05, 3.63) is 82.0 Å². The Bertz CT molecular complexity index is 1880. The minimum absolute atomic E-state index is 0.124. The van der Waals surface area contributed by atoms with Gasteiger partial charge < -0.3 is 24.8 Å². The molecule has 2 fully saturated rings. The largest absolute Gasteiger partial charge is 0.496 e. The molecule has 0 spiro atoms. The second-order valence-corrected chi connectivity index (χ2v) is 13.6. The number of carboxylic acid groups (broad SMARTS) is 1. The van der Waals surface area contributed by atoms with Gasteiger partial charge in [-0.1, -0.05) is 59.6 Å². The first-order chi connectivity index (χ1) is 24.2. The van der Waals surface area contributed by atoms with Gasteiger partial charge in [-0.15, -0.1) is 0 Å². The summed E-state index contributed by atoms with van der Waals surface area (Å²) >= 11 is 14.2. The molecule has 1 unspecified atom stereocenters. The van der Waals surface area contributed by atoms with E-state index in [1.807, 2.05) is 59.5 Å². The number of hydrogen-bond acceptors (Lipinski definition) is 8. The molecule has 1 amide bonds. The first-order valence-corrected chi connectivity index (χ1v) is 17.5.